The molecule has 6 nitrogen and oxygen atoms in total. The van der Waals surface area contributed by atoms with E-state index in [1.807, 2.05) is 0 Å². The van der Waals surface area contributed by atoms with Gasteiger partial charge in [0, 0.05) is 11.0 Å². The topological polar surface area (TPSA) is 101 Å². The van der Waals surface area contributed by atoms with Crippen molar-refractivity contribution >= 4 is 37.6 Å². The highest BCUT2D eigenvalue weighted by atomic mass is 79.9. The molecule has 2 rings (SSSR count). The average Bonchev–Trinajstić information content (AvgIpc) is 3.19. The van der Waals surface area contributed by atoms with Crippen molar-refractivity contribution in [2.75, 3.05) is 12.3 Å². The van der Waals surface area contributed by atoms with Crippen LogP contribution in [0.15, 0.2) is 28.7 Å². The van der Waals surface area contributed by atoms with Crippen LogP contribution in [0.1, 0.15) is 18.4 Å². The first-order valence-electron chi connectivity index (χ1n) is 6.67. The molecule has 0 aromatic heterocycles. The minimum atomic E-state index is -3.59. The molecule has 1 aliphatic carbocycles. The lowest BCUT2D eigenvalue weighted by Gasteiger charge is -2.11. The Morgan fingerprint density at radius 1 is 1.23 bits per heavy atom. The molecule has 1 aromatic carbocycles. The Labute approximate surface area is 137 Å². The number of hydrogen-bond donors (Lipinski definition) is 2. The van der Waals surface area contributed by atoms with Crippen LogP contribution in [0.2, 0.25) is 0 Å². The zero-order valence-electron chi connectivity index (χ0n) is 11.7. The van der Waals surface area contributed by atoms with Gasteiger partial charge in [-0.15, -0.1) is 0 Å². The monoisotopic (exact) mass is 389 g/mol. The molecule has 120 valence electrons. The van der Waals surface area contributed by atoms with Crippen LogP contribution < -0.4 is 5.32 Å². The standard InChI is InChI=1S/C14H16BrNO5S/c15-11-3-1-10(2-4-11)7-22(20,21)8-12(17)16-9-14(5-6-14)13(18)19/h1-4H,5-9H2,(H,16,17)(H,18,19). The predicted molar refractivity (Wildman–Crippen MR) is 83.9 cm³/mol. The molecule has 1 aromatic rings. The summed E-state index contributed by atoms with van der Waals surface area (Å²) in [5, 5.41) is 11.4. The number of carboxylic acids is 1. The molecule has 1 amide bonds. The van der Waals surface area contributed by atoms with Crippen molar-refractivity contribution in [3.63, 3.8) is 0 Å². The molecule has 0 bridgehead atoms. The minimum Gasteiger partial charge on any atom is -0.481 e. The lowest BCUT2D eigenvalue weighted by molar-refractivity contribution is -0.143. The average molecular weight is 390 g/mol. The maximum atomic E-state index is 12.0. The van der Waals surface area contributed by atoms with Gasteiger partial charge in [-0.25, -0.2) is 8.42 Å². The second-order valence-corrected chi connectivity index (χ2v) is 8.50. The van der Waals surface area contributed by atoms with Gasteiger partial charge in [0.05, 0.1) is 11.2 Å². The first kappa shape index (κ1) is 17.0. The van der Waals surface area contributed by atoms with E-state index in [0.29, 0.717) is 18.4 Å². The minimum absolute atomic E-state index is 0.0189. The Morgan fingerprint density at radius 2 is 1.82 bits per heavy atom. The van der Waals surface area contributed by atoms with Crippen LogP contribution in [0.5, 0.6) is 0 Å². The van der Waals surface area contributed by atoms with E-state index in [9.17, 15) is 18.0 Å². The summed E-state index contributed by atoms with van der Waals surface area (Å²) < 4.78 is 24.8. The van der Waals surface area contributed by atoms with Crippen LogP contribution in [0.4, 0.5) is 0 Å². The van der Waals surface area contributed by atoms with E-state index >= 15 is 0 Å². The summed E-state index contributed by atoms with van der Waals surface area (Å²) in [5.41, 5.74) is -0.300. The fourth-order valence-electron chi connectivity index (χ4n) is 2.02. The zero-order chi connectivity index (χ0) is 16.4. The third kappa shape index (κ3) is 4.54. The summed E-state index contributed by atoms with van der Waals surface area (Å²) in [6, 6.07) is 6.80. The van der Waals surface area contributed by atoms with Gasteiger partial charge in [-0.05, 0) is 30.5 Å². The van der Waals surface area contributed by atoms with Gasteiger partial charge in [-0.3, -0.25) is 9.59 Å². The quantitative estimate of drug-likeness (QED) is 0.732. The van der Waals surface area contributed by atoms with E-state index in [2.05, 4.69) is 21.2 Å². The summed E-state index contributed by atoms with van der Waals surface area (Å²) in [7, 11) is -3.59. The van der Waals surface area contributed by atoms with Gasteiger partial charge in [0.2, 0.25) is 5.91 Å². The Bertz CT molecular complexity index is 680. The van der Waals surface area contributed by atoms with Crippen molar-refractivity contribution in [1.82, 2.24) is 5.32 Å². The lowest BCUT2D eigenvalue weighted by atomic mass is 10.1. The Hall–Kier alpha value is -1.41. The number of benzene rings is 1. The van der Waals surface area contributed by atoms with Crippen molar-refractivity contribution in [3.8, 4) is 0 Å². The molecule has 0 saturated heterocycles. The van der Waals surface area contributed by atoms with Gasteiger partial charge in [-0.1, -0.05) is 28.1 Å². The molecule has 2 N–H and O–H groups in total. The molecule has 8 heteroatoms. The molecule has 1 fully saturated rings. The van der Waals surface area contributed by atoms with Crippen molar-refractivity contribution in [2.24, 2.45) is 5.41 Å². The summed E-state index contributed by atoms with van der Waals surface area (Å²) in [6.07, 6.45) is 1.02. The van der Waals surface area contributed by atoms with Crippen molar-refractivity contribution in [2.45, 2.75) is 18.6 Å². The van der Waals surface area contributed by atoms with E-state index in [0.717, 1.165) is 4.47 Å². The third-order valence-electron chi connectivity index (χ3n) is 3.58. The van der Waals surface area contributed by atoms with Crippen molar-refractivity contribution in [1.29, 1.82) is 0 Å². The molecule has 1 saturated carbocycles. The molecule has 22 heavy (non-hydrogen) atoms. The van der Waals surface area contributed by atoms with Crippen LogP contribution in [-0.4, -0.2) is 37.7 Å². The summed E-state index contributed by atoms with van der Waals surface area (Å²) in [5.74, 6) is -2.48. The predicted octanol–water partition coefficient (Wildman–Crippen LogP) is 1.34. The van der Waals surface area contributed by atoms with Crippen molar-refractivity contribution in [3.05, 3.63) is 34.3 Å². The van der Waals surface area contributed by atoms with E-state index in [-0.39, 0.29) is 12.3 Å². The lowest BCUT2D eigenvalue weighted by Crippen LogP contribution is -2.37. The largest absolute Gasteiger partial charge is 0.481 e. The maximum absolute atomic E-state index is 12.0. The molecule has 0 heterocycles. The van der Waals surface area contributed by atoms with Crippen molar-refractivity contribution < 1.29 is 23.1 Å². The zero-order valence-corrected chi connectivity index (χ0v) is 14.1. The fraction of sp³-hybridized carbons (Fsp3) is 0.429. The second-order valence-electron chi connectivity index (χ2n) is 5.52. The Kier molecular flexibility index (Phi) is 4.91. The highest BCUT2D eigenvalue weighted by Crippen LogP contribution is 2.45. The molecular formula is C14H16BrNO5S. The molecule has 0 spiro atoms. The number of aliphatic carboxylic acids is 1. The summed E-state index contributed by atoms with van der Waals surface area (Å²) >= 11 is 3.26. The van der Waals surface area contributed by atoms with Gasteiger partial charge in [0.25, 0.3) is 0 Å². The Balaban J connectivity index is 1.87. The SMILES string of the molecule is O=C(CS(=O)(=O)Cc1ccc(Br)cc1)NCC1(C(=O)O)CC1. The molecule has 1 aliphatic rings. The van der Waals surface area contributed by atoms with Crippen LogP contribution in [0.25, 0.3) is 0 Å². The van der Waals surface area contributed by atoms with E-state index < -0.39 is 32.9 Å². The van der Waals surface area contributed by atoms with Gasteiger partial charge in [0.15, 0.2) is 9.84 Å². The van der Waals surface area contributed by atoms with Crippen LogP contribution in [0.3, 0.4) is 0 Å². The number of carboxylic acid groups (broad SMARTS) is 1. The number of carbonyl (C=O) groups is 2. The fourth-order valence-corrected chi connectivity index (χ4v) is 3.59. The molecule has 0 unspecified atom stereocenters. The van der Waals surface area contributed by atoms with Gasteiger partial charge in [0.1, 0.15) is 5.75 Å². The molecule has 0 radical (unpaired) electrons. The highest BCUT2D eigenvalue weighted by molar-refractivity contribution is 9.10. The number of halogens is 1. The number of sulfone groups is 1. The molecule has 0 aliphatic heterocycles. The normalized spacial score (nSPS) is 16.0. The van der Waals surface area contributed by atoms with Gasteiger partial charge < -0.3 is 10.4 Å². The smallest absolute Gasteiger partial charge is 0.311 e. The highest BCUT2D eigenvalue weighted by Gasteiger charge is 2.50. The third-order valence-corrected chi connectivity index (χ3v) is 5.59. The van der Waals surface area contributed by atoms with Crippen LogP contribution in [0, 0.1) is 5.41 Å². The maximum Gasteiger partial charge on any atom is 0.311 e. The number of hydrogen-bond acceptors (Lipinski definition) is 4. The van der Waals surface area contributed by atoms with Crippen LogP contribution in [-0.2, 0) is 25.2 Å². The number of carbonyl (C=O) groups excluding carboxylic acids is 1. The van der Waals surface area contributed by atoms with Gasteiger partial charge in [-0.2, -0.15) is 0 Å². The molecular weight excluding hydrogens is 374 g/mol. The number of amides is 1. The first-order chi connectivity index (χ1) is 10.2. The molecule has 0 atom stereocenters. The number of rotatable bonds is 7. The van der Waals surface area contributed by atoms with E-state index in [4.69, 9.17) is 5.11 Å². The second kappa shape index (κ2) is 6.37. The van der Waals surface area contributed by atoms with Crippen LogP contribution >= 0.6 is 15.9 Å². The summed E-state index contributed by atoms with van der Waals surface area (Å²) in [4.78, 5) is 22.7. The first-order valence-corrected chi connectivity index (χ1v) is 9.29. The van der Waals surface area contributed by atoms with E-state index in [1.165, 1.54) is 0 Å². The van der Waals surface area contributed by atoms with E-state index in [1.54, 1.807) is 24.3 Å². The summed E-state index contributed by atoms with van der Waals surface area (Å²) in [6.45, 7) is -0.0189. The Morgan fingerprint density at radius 3 is 2.32 bits per heavy atom. The number of nitrogens with one attached hydrogen (secondary N) is 1. The van der Waals surface area contributed by atoms with Gasteiger partial charge >= 0.3 is 5.97 Å².